The van der Waals surface area contributed by atoms with E-state index in [2.05, 4.69) is 174 Å². The Balaban J connectivity index is 1.02. The molecule has 60 heavy (non-hydrogen) atoms. The molecule has 0 spiro atoms. The SMILES string of the molecule is c1ccc(-c2nc(-c3ccc(-c4cccc5cccc(-c6ccccc6)c45)cc3)nc(-n3c4ccccc4c4cc(-c5cccc6oc7ccccc7c56)ccc43)n2)cc1. The van der Waals surface area contributed by atoms with E-state index < -0.39 is 0 Å². The summed E-state index contributed by atoms with van der Waals surface area (Å²) in [5.74, 6) is 1.78. The largest absolute Gasteiger partial charge is 0.456 e. The summed E-state index contributed by atoms with van der Waals surface area (Å²) in [5, 5.41) is 6.91. The molecule has 0 bridgehead atoms. The minimum Gasteiger partial charge on any atom is -0.456 e. The lowest BCUT2D eigenvalue weighted by molar-refractivity contribution is 0.669. The van der Waals surface area contributed by atoms with Gasteiger partial charge >= 0.3 is 0 Å². The van der Waals surface area contributed by atoms with Gasteiger partial charge in [-0.25, -0.2) is 4.98 Å². The van der Waals surface area contributed by atoms with Crippen molar-refractivity contribution in [1.82, 2.24) is 19.5 Å². The molecule has 0 aliphatic carbocycles. The van der Waals surface area contributed by atoms with Gasteiger partial charge < -0.3 is 4.42 Å². The lowest BCUT2D eigenvalue weighted by Gasteiger charge is -2.13. The monoisotopic (exact) mass is 766 g/mol. The lowest BCUT2D eigenvalue weighted by Crippen LogP contribution is -2.06. The van der Waals surface area contributed by atoms with Gasteiger partial charge in [-0.3, -0.25) is 4.57 Å². The standard InChI is InChI=1S/C55H34N4O/c1-3-14-35(15-4-1)41-22-11-18-37-19-12-23-42(51(37)41)36-28-30-39(31-29-36)54-56-53(38-16-5-2-6-17-38)57-55(58-54)59-47-25-9-7-20-44(47)46-34-40(32-33-48(46)59)43-24-13-27-50-52(43)45-21-8-10-26-49(45)60-50/h1-34H. The molecule has 0 aliphatic rings. The van der Waals surface area contributed by atoms with E-state index in [0.717, 1.165) is 71.6 Å². The Kier molecular flexibility index (Phi) is 7.78. The van der Waals surface area contributed by atoms with E-state index in [9.17, 15) is 0 Å². The van der Waals surface area contributed by atoms with Gasteiger partial charge in [-0.1, -0.05) is 176 Å². The molecule has 0 amide bonds. The quantitative estimate of drug-likeness (QED) is 0.169. The van der Waals surface area contributed by atoms with E-state index in [1.165, 1.54) is 27.5 Å². The molecule has 0 atom stereocenters. The summed E-state index contributed by atoms with van der Waals surface area (Å²) >= 11 is 0. The maximum absolute atomic E-state index is 6.27. The van der Waals surface area contributed by atoms with Crippen LogP contribution in [0.3, 0.4) is 0 Å². The Morgan fingerprint density at radius 1 is 0.333 bits per heavy atom. The fourth-order valence-electron chi connectivity index (χ4n) is 8.92. The Labute approximate surface area is 345 Å². The van der Waals surface area contributed by atoms with Crippen LogP contribution >= 0.6 is 0 Å². The summed E-state index contributed by atoms with van der Waals surface area (Å²) in [4.78, 5) is 15.5. The van der Waals surface area contributed by atoms with Gasteiger partial charge in [0.1, 0.15) is 11.2 Å². The molecule has 0 radical (unpaired) electrons. The average Bonchev–Trinajstić information content (AvgIpc) is 3.87. The third-order valence-corrected chi connectivity index (χ3v) is 11.7. The highest BCUT2D eigenvalue weighted by Gasteiger charge is 2.20. The molecule has 12 aromatic rings. The Morgan fingerprint density at radius 3 is 1.58 bits per heavy atom. The first kappa shape index (κ1) is 33.9. The number of rotatable bonds is 6. The minimum atomic E-state index is 0.561. The highest BCUT2D eigenvalue weighted by molar-refractivity contribution is 6.15. The van der Waals surface area contributed by atoms with Crippen LogP contribution in [0.4, 0.5) is 0 Å². The Bertz CT molecular complexity index is 3580. The highest BCUT2D eigenvalue weighted by Crippen LogP contribution is 2.41. The van der Waals surface area contributed by atoms with Gasteiger partial charge in [-0.15, -0.1) is 0 Å². The second-order valence-electron chi connectivity index (χ2n) is 15.2. The first-order valence-corrected chi connectivity index (χ1v) is 20.2. The van der Waals surface area contributed by atoms with Gasteiger partial charge in [0.05, 0.1) is 11.0 Å². The number of fused-ring (bicyclic) bond motifs is 7. The smallest absolute Gasteiger partial charge is 0.238 e. The molecule has 0 aliphatic heterocycles. The van der Waals surface area contributed by atoms with E-state index >= 15 is 0 Å². The van der Waals surface area contributed by atoms with E-state index in [-0.39, 0.29) is 0 Å². The predicted molar refractivity (Wildman–Crippen MR) is 246 cm³/mol. The van der Waals surface area contributed by atoms with Crippen molar-refractivity contribution in [3.05, 3.63) is 206 Å². The van der Waals surface area contributed by atoms with Crippen LogP contribution in [0, 0.1) is 0 Å². The summed E-state index contributed by atoms with van der Waals surface area (Å²) in [6.07, 6.45) is 0. The molecular formula is C55H34N4O. The first-order valence-electron chi connectivity index (χ1n) is 20.2. The molecule has 9 aromatic carbocycles. The Morgan fingerprint density at radius 2 is 0.850 bits per heavy atom. The number of benzene rings is 9. The van der Waals surface area contributed by atoms with Crippen molar-refractivity contribution < 1.29 is 4.42 Å². The highest BCUT2D eigenvalue weighted by atomic mass is 16.3. The third kappa shape index (κ3) is 5.52. The molecule has 0 unspecified atom stereocenters. The molecule has 0 saturated heterocycles. The van der Waals surface area contributed by atoms with Crippen molar-refractivity contribution in [1.29, 1.82) is 0 Å². The van der Waals surface area contributed by atoms with Gasteiger partial charge in [-0.05, 0) is 74.5 Å². The number of furan rings is 1. The summed E-state index contributed by atoms with van der Waals surface area (Å²) in [7, 11) is 0. The number of nitrogens with zero attached hydrogens (tertiary/aromatic N) is 4. The zero-order valence-corrected chi connectivity index (χ0v) is 32.3. The third-order valence-electron chi connectivity index (χ3n) is 11.7. The van der Waals surface area contributed by atoms with Crippen LogP contribution in [-0.4, -0.2) is 19.5 Å². The molecule has 280 valence electrons. The molecule has 0 fully saturated rings. The van der Waals surface area contributed by atoms with Crippen molar-refractivity contribution >= 4 is 54.5 Å². The van der Waals surface area contributed by atoms with Crippen LogP contribution in [0.25, 0.3) is 117 Å². The molecule has 5 nitrogen and oxygen atoms in total. The van der Waals surface area contributed by atoms with Crippen LogP contribution in [-0.2, 0) is 0 Å². The van der Waals surface area contributed by atoms with Gasteiger partial charge in [-0.2, -0.15) is 9.97 Å². The summed E-state index contributed by atoms with van der Waals surface area (Å²) < 4.78 is 8.45. The summed E-state index contributed by atoms with van der Waals surface area (Å²) in [6.45, 7) is 0. The van der Waals surface area contributed by atoms with Crippen molar-refractivity contribution in [3.8, 4) is 62.1 Å². The molecule has 5 heteroatoms. The zero-order chi connectivity index (χ0) is 39.6. The van der Waals surface area contributed by atoms with Crippen LogP contribution < -0.4 is 0 Å². The maximum Gasteiger partial charge on any atom is 0.238 e. The normalized spacial score (nSPS) is 11.7. The summed E-state index contributed by atoms with van der Waals surface area (Å²) in [5.41, 5.74) is 12.6. The summed E-state index contributed by atoms with van der Waals surface area (Å²) in [6, 6.07) is 72.2. The van der Waals surface area contributed by atoms with E-state index in [4.69, 9.17) is 19.4 Å². The molecule has 12 rings (SSSR count). The number of hydrogen-bond acceptors (Lipinski definition) is 4. The van der Waals surface area contributed by atoms with Crippen molar-refractivity contribution in [2.45, 2.75) is 0 Å². The fraction of sp³-hybridized carbons (Fsp3) is 0. The fourth-order valence-corrected chi connectivity index (χ4v) is 8.92. The second kappa shape index (κ2) is 13.8. The average molecular weight is 767 g/mol. The van der Waals surface area contributed by atoms with Gasteiger partial charge in [0.25, 0.3) is 0 Å². The number of para-hydroxylation sites is 2. The zero-order valence-electron chi connectivity index (χ0n) is 32.3. The lowest BCUT2D eigenvalue weighted by atomic mass is 9.91. The van der Waals surface area contributed by atoms with Crippen LogP contribution in [0.15, 0.2) is 211 Å². The first-order chi connectivity index (χ1) is 29.7. The maximum atomic E-state index is 6.27. The van der Waals surface area contributed by atoms with Gasteiger partial charge in [0.15, 0.2) is 11.6 Å². The van der Waals surface area contributed by atoms with E-state index in [1.54, 1.807) is 0 Å². The van der Waals surface area contributed by atoms with Crippen molar-refractivity contribution in [2.75, 3.05) is 0 Å². The number of aromatic nitrogens is 4. The molecule has 0 N–H and O–H groups in total. The van der Waals surface area contributed by atoms with Gasteiger partial charge in [0, 0.05) is 32.7 Å². The van der Waals surface area contributed by atoms with Crippen LogP contribution in [0.2, 0.25) is 0 Å². The molecule has 3 heterocycles. The van der Waals surface area contributed by atoms with Gasteiger partial charge in [0.2, 0.25) is 5.95 Å². The van der Waals surface area contributed by atoms with Crippen molar-refractivity contribution in [2.24, 2.45) is 0 Å². The molecule has 3 aromatic heterocycles. The Hall–Kier alpha value is -8.15. The predicted octanol–water partition coefficient (Wildman–Crippen LogP) is 14.4. The van der Waals surface area contributed by atoms with Crippen LogP contribution in [0.1, 0.15) is 0 Å². The van der Waals surface area contributed by atoms with Crippen molar-refractivity contribution in [3.63, 3.8) is 0 Å². The number of hydrogen-bond donors (Lipinski definition) is 0. The van der Waals surface area contributed by atoms with E-state index in [1.807, 2.05) is 36.4 Å². The van der Waals surface area contributed by atoms with Crippen LogP contribution in [0.5, 0.6) is 0 Å². The minimum absolute atomic E-state index is 0.561. The topological polar surface area (TPSA) is 56.7 Å². The second-order valence-corrected chi connectivity index (χ2v) is 15.2. The molecular weight excluding hydrogens is 733 g/mol. The van der Waals surface area contributed by atoms with E-state index in [0.29, 0.717) is 17.6 Å². The molecule has 0 saturated carbocycles.